The van der Waals surface area contributed by atoms with E-state index in [1.807, 2.05) is 38.1 Å². The number of nitrogens with one attached hydrogen (secondary N) is 2. The van der Waals surface area contributed by atoms with E-state index in [-0.39, 0.29) is 6.04 Å². The van der Waals surface area contributed by atoms with E-state index in [1.54, 1.807) is 13.8 Å². The van der Waals surface area contributed by atoms with Gasteiger partial charge >= 0.3 is 0 Å². The molecule has 6 nitrogen and oxygen atoms in total. The van der Waals surface area contributed by atoms with Crippen molar-refractivity contribution < 1.29 is 18.0 Å². The van der Waals surface area contributed by atoms with Crippen molar-refractivity contribution >= 4 is 10.0 Å². The van der Waals surface area contributed by atoms with Gasteiger partial charge in [0.1, 0.15) is 5.75 Å². The Hall–Kier alpha value is -1.15. The van der Waals surface area contributed by atoms with Crippen LogP contribution in [0.3, 0.4) is 0 Å². The van der Waals surface area contributed by atoms with E-state index < -0.39 is 14.8 Å². The molecule has 0 radical (unpaired) electrons. The molecular formula is C21H36N2O4S. The van der Waals surface area contributed by atoms with Gasteiger partial charge in [-0.3, -0.25) is 4.84 Å². The maximum atomic E-state index is 12.5. The number of rotatable bonds is 11. The highest BCUT2D eigenvalue weighted by Crippen LogP contribution is 2.27. The molecule has 0 atom stereocenters. The lowest BCUT2D eigenvalue weighted by Crippen LogP contribution is -2.47. The molecule has 0 unspecified atom stereocenters. The Morgan fingerprint density at radius 2 is 1.86 bits per heavy atom. The van der Waals surface area contributed by atoms with Gasteiger partial charge < -0.3 is 4.74 Å². The van der Waals surface area contributed by atoms with Gasteiger partial charge in [0.15, 0.2) is 0 Å². The van der Waals surface area contributed by atoms with E-state index in [0.717, 1.165) is 43.5 Å². The third kappa shape index (κ3) is 6.72. The third-order valence-corrected chi connectivity index (χ3v) is 8.06. The molecule has 0 aliphatic heterocycles. The van der Waals surface area contributed by atoms with Crippen molar-refractivity contribution in [2.24, 2.45) is 5.92 Å². The van der Waals surface area contributed by atoms with Crippen LogP contribution in [0.1, 0.15) is 65.4 Å². The van der Waals surface area contributed by atoms with Gasteiger partial charge in [0.25, 0.3) is 0 Å². The van der Waals surface area contributed by atoms with Gasteiger partial charge in [-0.1, -0.05) is 19.1 Å². The predicted molar refractivity (Wildman–Crippen MR) is 113 cm³/mol. The SMILES string of the molecule is CCOc1cccc(CONCC2CCC(NS(=O)(=O)C(C)(C)CC)CC2)c1. The van der Waals surface area contributed by atoms with Gasteiger partial charge in [-0.2, -0.15) is 0 Å². The van der Waals surface area contributed by atoms with Gasteiger partial charge in [0.05, 0.1) is 18.0 Å². The van der Waals surface area contributed by atoms with Gasteiger partial charge in [0.2, 0.25) is 10.0 Å². The van der Waals surface area contributed by atoms with Crippen LogP contribution >= 0.6 is 0 Å². The van der Waals surface area contributed by atoms with Crippen molar-refractivity contribution in [3.05, 3.63) is 29.8 Å². The van der Waals surface area contributed by atoms with Gasteiger partial charge in [-0.15, -0.1) is 0 Å². The van der Waals surface area contributed by atoms with Gasteiger partial charge in [0, 0.05) is 12.6 Å². The molecule has 0 saturated heterocycles. The largest absolute Gasteiger partial charge is 0.494 e. The summed E-state index contributed by atoms with van der Waals surface area (Å²) in [6.07, 6.45) is 4.35. The van der Waals surface area contributed by atoms with Crippen LogP contribution in [0.2, 0.25) is 0 Å². The van der Waals surface area contributed by atoms with Crippen LogP contribution in [0.5, 0.6) is 5.75 Å². The van der Waals surface area contributed by atoms with Crippen LogP contribution in [0.25, 0.3) is 0 Å². The Bertz CT molecular complexity index is 698. The van der Waals surface area contributed by atoms with E-state index in [9.17, 15) is 8.42 Å². The third-order valence-electron chi connectivity index (χ3n) is 5.67. The molecule has 2 N–H and O–H groups in total. The molecule has 0 spiro atoms. The van der Waals surface area contributed by atoms with E-state index in [0.29, 0.717) is 25.6 Å². The van der Waals surface area contributed by atoms with Crippen molar-refractivity contribution in [3.63, 3.8) is 0 Å². The second-order valence-electron chi connectivity index (χ2n) is 8.17. The average Bonchev–Trinajstić information content (AvgIpc) is 2.67. The fourth-order valence-corrected chi connectivity index (χ4v) is 4.63. The van der Waals surface area contributed by atoms with E-state index in [2.05, 4.69) is 10.2 Å². The Labute approximate surface area is 170 Å². The molecular weight excluding hydrogens is 376 g/mol. The van der Waals surface area contributed by atoms with E-state index in [1.165, 1.54) is 0 Å². The van der Waals surface area contributed by atoms with Crippen molar-refractivity contribution in [2.45, 2.75) is 77.2 Å². The highest BCUT2D eigenvalue weighted by molar-refractivity contribution is 7.90. The van der Waals surface area contributed by atoms with Crippen LogP contribution in [0.15, 0.2) is 24.3 Å². The summed E-state index contributed by atoms with van der Waals surface area (Å²) in [5, 5.41) is 0. The van der Waals surface area contributed by atoms with Crippen LogP contribution in [0.4, 0.5) is 0 Å². The first-order chi connectivity index (χ1) is 13.3. The Morgan fingerprint density at radius 3 is 2.50 bits per heavy atom. The molecule has 1 fully saturated rings. The summed E-state index contributed by atoms with van der Waals surface area (Å²) in [5.74, 6) is 1.37. The maximum Gasteiger partial charge on any atom is 0.217 e. The number of sulfonamides is 1. The van der Waals surface area contributed by atoms with Crippen LogP contribution in [-0.4, -0.2) is 32.4 Å². The lowest BCUT2D eigenvalue weighted by molar-refractivity contribution is 0.0158. The topological polar surface area (TPSA) is 76.7 Å². The van der Waals surface area contributed by atoms with Crippen molar-refractivity contribution in [1.29, 1.82) is 0 Å². The van der Waals surface area contributed by atoms with Crippen molar-refractivity contribution in [2.75, 3.05) is 13.2 Å². The minimum absolute atomic E-state index is 0.0503. The summed E-state index contributed by atoms with van der Waals surface area (Å²) >= 11 is 0. The molecule has 28 heavy (non-hydrogen) atoms. The first-order valence-electron chi connectivity index (χ1n) is 10.4. The molecule has 1 aliphatic carbocycles. The summed E-state index contributed by atoms with van der Waals surface area (Å²) in [6.45, 7) is 9.37. The van der Waals surface area contributed by atoms with Crippen molar-refractivity contribution in [3.8, 4) is 5.75 Å². The number of ether oxygens (including phenoxy) is 1. The lowest BCUT2D eigenvalue weighted by atomic mass is 9.86. The Morgan fingerprint density at radius 1 is 1.14 bits per heavy atom. The second-order valence-corrected chi connectivity index (χ2v) is 10.5. The molecule has 0 heterocycles. The first-order valence-corrected chi connectivity index (χ1v) is 11.8. The molecule has 7 heteroatoms. The minimum Gasteiger partial charge on any atom is -0.494 e. The summed E-state index contributed by atoms with van der Waals surface area (Å²) in [5.41, 5.74) is 4.14. The predicted octanol–water partition coefficient (Wildman–Crippen LogP) is 3.77. The summed E-state index contributed by atoms with van der Waals surface area (Å²) in [4.78, 5) is 5.61. The molecule has 2 rings (SSSR count). The van der Waals surface area contributed by atoms with E-state index in [4.69, 9.17) is 9.57 Å². The standard InChI is InChI=1S/C21H36N2O4S/c1-5-21(3,4)28(24,25)23-19-12-10-17(11-13-19)15-22-27-16-18-8-7-9-20(14-18)26-6-2/h7-9,14,17,19,22-23H,5-6,10-13,15-16H2,1-4H3. The molecule has 1 saturated carbocycles. The summed E-state index contributed by atoms with van der Waals surface area (Å²) in [7, 11) is -3.29. The average molecular weight is 413 g/mol. The summed E-state index contributed by atoms with van der Waals surface area (Å²) < 4.78 is 32.7. The van der Waals surface area contributed by atoms with Gasteiger partial charge in [-0.25, -0.2) is 18.6 Å². The first kappa shape index (κ1) is 23.1. The molecule has 0 aromatic heterocycles. The molecule has 0 bridgehead atoms. The van der Waals surface area contributed by atoms with Crippen LogP contribution < -0.4 is 14.9 Å². The van der Waals surface area contributed by atoms with Crippen LogP contribution in [0, 0.1) is 5.92 Å². The van der Waals surface area contributed by atoms with Crippen molar-refractivity contribution in [1.82, 2.24) is 10.2 Å². The Kier molecular flexibility index (Phi) is 8.74. The molecule has 160 valence electrons. The molecule has 1 aromatic carbocycles. The van der Waals surface area contributed by atoms with E-state index >= 15 is 0 Å². The lowest BCUT2D eigenvalue weighted by Gasteiger charge is -2.32. The number of hydrogen-bond donors (Lipinski definition) is 2. The highest BCUT2D eigenvalue weighted by atomic mass is 32.2. The summed E-state index contributed by atoms with van der Waals surface area (Å²) in [6, 6.07) is 7.95. The normalized spacial score (nSPS) is 20.9. The fourth-order valence-electron chi connectivity index (χ4n) is 3.26. The minimum atomic E-state index is -3.29. The second kappa shape index (κ2) is 10.6. The fraction of sp³-hybridized carbons (Fsp3) is 0.714. The Balaban J connectivity index is 1.67. The molecule has 1 aromatic rings. The monoisotopic (exact) mass is 412 g/mol. The highest BCUT2D eigenvalue weighted by Gasteiger charge is 2.35. The smallest absolute Gasteiger partial charge is 0.217 e. The number of hydroxylamine groups is 1. The molecule has 0 amide bonds. The maximum absolute atomic E-state index is 12.5. The zero-order chi connectivity index (χ0) is 20.6. The zero-order valence-corrected chi connectivity index (χ0v) is 18.5. The van der Waals surface area contributed by atoms with Gasteiger partial charge in [-0.05, 0) is 76.5 Å². The number of hydrogen-bond acceptors (Lipinski definition) is 5. The quantitative estimate of drug-likeness (QED) is 0.427. The molecule has 1 aliphatic rings. The zero-order valence-electron chi connectivity index (χ0n) is 17.7. The van der Waals surface area contributed by atoms with Crippen LogP contribution in [-0.2, 0) is 21.5 Å². The number of benzene rings is 1.